The zero-order valence-electron chi connectivity index (χ0n) is 9.82. The molecule has 2 nitrogen and oxygen atoms in total. The van der Waals surface area contributed by atoms with Crippen LogP contribution in [0.4, 0.5) is 19.0 Å². The third-order valence-corrected chi connectivity index (χ3v) is 3.36. The van der Waals surface area contributed by atoms with E-state index in [2.05, 4.69) is 4.98 Å². The first-order chi connectivity index (χ1) is 8.95. The SMILES string of the molecule is Nc1cc(C(F)(F)F)cc(SCc2ccccc2)n1. The minimum absolute atomic E-state index is 0.120. The molecule has 0 saturated carbocycles. The molecule has 2 N–H and O–H groups in total. The van der Waals surface area contributed by atoms with E-state index >= 15 is 0 Å². The second-order valence-corrected chi connectivity index (χ2v) is 4.89. The van der Waals surface area contributed by atoms with Gasteiger partial charge in [0.1, 0.15) is 5.82 Å². The molecule has 0 amide bonds. The van der Waals surface area contributed by atoms with Crippen LogP contribution >= 0.6 is 11.8 Å². The molecule has 0 fully saturated rings. The highest BCUT2D eigenvalue weighted by molar-refractivity contribution is 7.98. The summed E-state index contributed by atoms with van der Waals surface area (Å²) < 4.78 is 37.9. The summed E-state index contributed by atoms with van der Waals surface area (Å²) in [6.45, 7) is 0. The Hall–Kier alpha value is -1.69. The summed E-state index contributed by atoms with van der Waals surface area (Å²) in [4.78, 5) is 3.90. The number of nitrogens with zero attached hydrogens (tertiary/aromatic N) is 1. The van der Waals surface area contributed by atoms with Crippen molar-refractivity contribution >= 4 is 17.6 Å². The molecule has 2 aromatic rings. The Morgan fingerprint density at radius 1 is 1.11 bits per heavy atom. The number of nitrogen functional groups attached to an aromatic ring is 1. The van der Waals surface area contributed by atoms with E-state index in [9.17, 15) is 13.2 Å². The fourth-order valence-corrected chi connectivity index (χ4v) is 2.38. The molecule has 6 heteroatoms. The number of hydrogen-bond acceptors (Lipinski definition) is 3. The Bertz CT molecular complexity index is 556. The molecule has 1 aromatic carbocycles. The van der Waals surface area contributed by atoms with Gasteiger partial charge < -0.3 is 5.73 Å². The van der Waals surface area contributed by atoms with Crippen LogP contribution in [0.5, 0.6) is 0 Å². The number of benzene rings is 1. The fourth-order valence-electron chi connectivity index (χ4n) is 1.49. The first-order valence-electron chi connectivity index (χ1n) is 5.46. The van der Waals surface area contributed by atoms with Gasteiger partial charge in [0.25, 0.3) is 0 Å². The van der Waals surface area contributed by atoms with E-state index in [1.807, 2.05) is 30.3 Å². The summed E-state index contributed by atoms with van der Waals surface area (Å²) in [6.07, 6.45) is -4.40. The highest BCUT2D eigenvalue weighted by Gasteiger charge is 2.31. The van der Waals surface area contributed by atoms with E-state index in [0.717, 1.165) is 17.7 Å². The summed E-state index contributed by atoms with van der Waals surface area (Å²) >= 11 is 1.23. The lowest BCUT2D eigenvalue weighted by Crippen LogP contribution is -2.07. The van der Waals surface area contributed by atoms with E-state index in [-0.39, 0.29) is 10.8 Å². The van der Waals surface area contributed by atoms with Crippen LogP contribution in [0.1, 0.15) is 11.1 Å². The van der Waals surface area contributed by atoms with Crippen molar-refractivity contribution in [2.24, 2.45) is 0 Å². The molecule has 0 spiro atoms. The molecule has 0 atom stereocenters. The molecule has 0 unspecified atom stereocenters. The van der Waals surface area contributed by atoms with Crippen molar-refractivity contribution in [3.8, 4) is 0 Å². The van der Waals surface area contributed by atoms with Crippen molar-refractivity contribution in [3.05, 3.63) is 53.6 Å². The van der Waals surface area contributed by atoms with Gasteiger partial charge in [-0.2, -0.15) is 13.2 Å². The van der Waals surface area contributed by atoms with Gasteiger partial charge in [-0.1, -0.05) is 30.3 Å². The number of nitrogens with two attached hydrogens (primary N) is 1. The number of halogens is 3. The maximum atomic E-state index is 12.6. The lowest BCUT2D eigenvalue weighted by atomic mass is 10.2. The van der Waals surface area contributed by atoms with Gasteiger partial charge >= 0.3 is 6.18 Å². The van der Waals surface area contributed by atoms with Crippen molar-refractivity contribution in [1.29, 1.82) is 0 Å². The third kappa shape index (κ3) is 3.89. The lowest BCUT2D eigenvalue weighted by Gasteiger charge is -2.09. The van der Waals surface area contributed by atoms with Gasteiger partial charge in [0.2, 0.25) is 0 Å². The van der Waals surface area contributed by atoms with Crippen LogP contribution in [-0.4, -0.2) is 4.98 Å². The molecule has 0 radical (unpaired) electrons. The molecule has 2 rings (SSSR count). The normalized spacial score (nSPS) is 11.5. The first-order valence-corrected chi connectivity index (χ1v) is 6.45. The number of hydrogen-bond donors (Lipinski definition) is 1. The number of aromatic nitrogens is 1. The van der Waals surface area contributed by atoms with Crippen LogP contribution in [0.15, 0.2) is 47.5 Å². The summed E-state index contributed by atoms with van der Waals surface area (Å²) in [5, 5.41) is 0.274. The van der Waals surface area contributed by atoms with Crippen molar-refractivity contribution in [3.63, 3.8) is 0 Å². The molecular weight excluding hydrogens is 273 g/mol. The molecule has 1 aromatic heterocycles. The first kappa shape index (κ1) is 13.7. The van der Waals surface area contributed by atoms with Crippen molar-refractivity contribution < 1.29 is 13.2 Å². The Labute approximate surface area is 112 Å². The average molecular weight is 284 g/mol. The van der Waals surface area contributed by atoms with Gasteiger partial charge in [0.15, 0.2) is 0 Å². The fraction of sp³-hybridized carbons (Fsp3) is 0.154. The Kier molecular flexibility index (Phi) is 3.99. The molecule has 19 heavy (non-hydrogen) atoms. The minimum Gasteiger partial charge on any atom is -0.384 e. The predicted molar refractivity (Wildman–Crippen MR) is 69.7 cm³/mol. The van der Waals surface area contributed by atoms with E-state index < -0.39 is 11.7 Å². The molecule has 100 valence electrons. The number of pyridine rings is 1. The van der Waals surface area contributed by atoms with Gasteiger partial charge in [0.05, 0.1) is 10.6 Å². The molecular formula is C13H11F3N2S. The van der Waals surface area contributed by atoms with Crippen molar-refractivity contribution in [1.82, 2.24) is 4.98 Å². The Morgan fingerprint density at radius 2 is 1.79 bits per heavy atom. The zero-order valence-corrected chi connectivity index (χ0v) is 10.6. The standard InChI is InChI=1S/C13H11F3N2S/c14-13(15,16)10-6-11(17)18-12(7-10)19-8-9-4-2-1-3-5-9/h1-7H,8H2,(H2,17,18). The van der Waals surface area contributed by atoms with E-state index in [1.165, 1.54) is 11.8 Å². The second kappa shape index (κ2) is 5.52. The third-order valence-electron chi connectivity index (χ3n) is 2.38. The Balaban J connectivity index is 2.15. The number of anilines is 1. The van der Waals surface area contributed by atoms with Gasteiger partial charge in [-0.3, -0.25) is 0 Å². The lowest BCUT2D eigenvalue weighted by molar-refractivity contribution is -0.137. The quantitative estimate of drug-likeness (QED) is 0.867. The highest BCUT2D eigenvalue weighted by atomic mass is 32.2. The molecule has 0 saturated heterocycles. The minimum atomic E-state index is -4.40. The summed E-state index contributed by atoms with van der Waals surface area (Å²) in [5.41, 5.74) is 5.65. The number of alkyl halides is 3. The largest absolute Gasteiger partial charge is 0.416 e. The molecule has 0 aliphatic heterocycles. The average Bonchev–Trinajstić information content (AvgIpc) is 2.36. The van der Waals surface area contributed by atoms with Crippen LogP contribution in [0.3, 0.4) is 0 Å². The van der Waals surface area contributed by atoms with Crippen LogP contribution in [-0.2, 0) is 11.9 Å². The summed E-state index contributed by atoms with van der Waals surface area (Å²) in [6, 6.07) is 11.3. The number of thioether (sulfide) groups is 1. The number of rotatable bonds is 3. The van der Waals surface area contributed by atoms with Crippen LogP contribution in [0.25, 0.3) is 0 Å². The van der Waals surface area contributed by atoms with Crippen molar-refractivity contribution in [2.45, 2.75) is 17.0 Å². The molecule has 0 aliphatic carbocycles. The van der Waals surface area contributed by atoms with Gasteiger partial charge in [0, 0.05) is 5.75 Å². The monoisotopic (exact) mass is 284 g/mol. The topological polar surface area (TPSA) is 38.9 Å². The van der Waals surface area contributed by atoms with Gasteiger partial charge in [-0.15, -0.1) is 11.8 Å². The predicted octanol–water partition coefficient (Wildman–Crippen LogP) is 3.97. The zero-order chi connectivity index (χ0) is 13.9. The maximum Gasteiger partial charge on any atom is 0.416 e. The smallest absolute Gasteiger partial charge is 0.384 e. The van der Waals surface area contributed by atoms with Crippen molar-refractivity contribution in [2.75, 3.05) is 5.73 Å². The van der Waals surface area contributed by atoms with E-state index in [0.29, 0.717) is 5.75 Å². The van der Waals surface area contributed by atoms with Gasteiger partial charge in [-0.05, 0) is 17.7 Å². The van der Waals surface area contributed by atoms with E-state index in [4.69, 9.17) is 5.73 Å². The van der Waals surface area contributed by atoms with E-state index in [1.54, 1.807) is 0 Å². The summed E-state index contributed by atoms with van der Waals surface area (Å²) in [5.74, 6) is 0.430. The van der Waals surface area contributed by atoms with Gasteiger partial charge in [-0.25, -0.2) is 4.98 Å². The van der Waals surface area contributed by atoms with Crippen LogP contribution in [0.2, 0.25) is 0 Å². The summed E-state index contributed by atoms with van der Waals surface area (Å²) in [7, 11) is 0. The van der Waals surface area contributed by atoms with Crippen LogP contribution < -0.4 is 5.73 Å². The molecule has 0 aliphatic rings. The Morgan fingerprint density at radius 3 is 2.42 bits per heavy atom. The molecule has 0 bridgehead atoms. The maximum absolute atomic E-state index is 12.6. The van der Waals surface area contributed by atoms with Crippen LogP contribution in [0, 0.1) is 0 Å². The highest BCUT2D eigenvalue weighted by Crippen LogP contribution is 2.33. The second-order valence-electron chi connectivity index (χ2n) is 3.89. The molecule has 1 heterocycles.